The van der Waals surface area contributed by atoms with Gasteiger partial charge in [0, 0.05) is 69.4 Å². The third kappa shape index (κ3) is 27.5. The van der Waals surface area contributed by atoms with Crippen molar-refractivity contribution in [2.75, 3.05) is 98.8 Å². The summed E-state index contributed by atoms with van der Waals surface area (Å²) in [5, 5.41) is 71.8. The van der Waals surface area contributed by atoms with E-state index in [0.29, 0.717) is 0 Å². The standard InChI is InChI=1S/5C7H14N2O9P2.2CH3/c5*10-6(11)3-8-1-2-9(5-8)4-7(12,19(13,14)15)20(16,17)18;;/h5*1-2,12H,3-5H2,(H,10,11)(H2,13,14,15)(H2,16,17,18);2*1H3/q;;;;;-1;+1/p-9. The van der Waals surface area contributed by atoms with Crippen LogP contribution < -0.4 is 44.0 Å². The van der Waals surface area contributed by atoms with Crippen molar-refractivity contribution in [3.05, 3.63) is 76.9 Å². The SMILES string of the molecule is O=C(O)CN1C=CN(CC(O)(P(=O)(O)O)P(=O)(O)O)C1.O=C(O)CN1C=CN(CC(O)(P(=O)([O-])O)P(=O)(O)O)C1.O=C(O)CN1C=CN(CC(O)(P(=O)([O-])O)P(=O)([O-])O)C1.O=C(O)CN1C=CN(CC(O)(P(=O)([O-])O)P(=O)([O-])O)C1.O=C(O)CN1C=CN(CC(O)(P(=O)([O-])[O-])P(=O)([O-])[O-])C1.[CH3+].[CH3-]. The van der Waals surface area contributed by atoms with E-state index in [1.165, 1.54) is 56.8 Å². The Kier molecular flexibility index (Phi) is 35.2. The highest BCUT2D eigenvalue weighted by molar-refractivity contribution is 7.73. The summed E-state index contributed by atoms with van der Waals surface area (Å²) in [6.07, 6.45) is 11.7. The van der Waals surface area contributed by atoms with Crippen molar-refractivity contribution >= 4 is 106 Å². The van der Waals surface area contributed by atoms with Gasteiger partial charge in [-0.15, -0.1) is 0 Å². The van der Waals surface area contributed by atoms with Gasteiger partial charge in [0.25, 0.3) is 5.08 Å². The first kappa shape index (κ1) is 99.3. The monoisotopic (exact) mass is 1680 g/mol. The van der Waals surface area contributed by atoms with Crippen molar-refractivity contribution < 1.29 is 219 Å². The first-order valence-corrected chi connectivity index (χ1v) is 41.1. The second-order valence-corrected chi connectivity index (χ2v) is 40.4. The van der Waals surface area contributed by atoms with Gasteiger partial charge in [-0.3, -0.25) is 37.7 Å². The van der Waals surface area contributed by atoms with Crippen LogP contribution in [-0.4, -0.2) is 308 Å². The summed E-state index contributed by atoms with van der Waals surface area (Å²) in [6, 6.07) is 0. The molecule has 0 bridgehead atoms. The lowest BCUT2D eigenvalue weighted by atomic mass is 10.6. The number of β-amino-alcohol motifs (C(OH)–C–C–N with tert-alkyl or cyclic N) is 5. The first-order valence-electron chi connectivity index (χ1n) is 25.3. The molecule has 55 nitrogen and oxygen atoms in total. The second-order valence-electron chi connectivity index (χ2n) is 20.7. The van der Waals surface area contributed by atoms with Crippen molar-refractivity contribution in [3.8, 4) is 0 Å². The van der Waals surface area contributed by atoms with Crippen LogP contribution in [0, 0.1) is 14.9 Å². The van der Waals surface area contributed by atoms with Crippen LogP contribution in [-0.2, 0) is 69.6 Å². The highest BCUT2D eigenvalue weighted by Gasteiger charge is 2.61. The first-order chi connectivity index (χ1) is 44.3. The number of hydrogen-bond donors (Lipinski definition) is 21. The zero-order valence-corrected chi connectivity index (χ0v) is 60.5. The summed E-state index contributed by atoms with van der Waals surface area (Å²) in [6.45, 7) is -9.15. The third-order valence-corrected chi connectivity index (χ3v) is 30.7. The molecule has 0 saturated carbocycles. The minimum atomic E-state index is -6.15. The van der Waals surface area contributed by atoms with Crippen LogP contribution in [0.15, 0.2) is 62.0 Å². The summed E-state index contributed by atoms with van der Waals surface area (Å²) in [5.74, 6) is -5.89. The maximum Gasteiger partial charge on any atom is 0.371 e. The van der Waals surface area contributed by atoms with E-state index in [2.05, 4.69) is 0 Å². The van der Waals surface area contributed by atoms with E-state index in [9.17, 15) is 139 Å². The van der Waals surface area contributed by atoms with Gasteiger partial charge in [-0.25, -0.2) is 0 Å². The number of rotatable bonds is 30. The normalized spacial score (nSPS) is 20.3. The molecular weight excluding hydrogens is 1610 g/mol. The predicted molar refractivity (Wildman–Crippen MR) is 313 cm³/mol. The topological polar surface area (TPSA) is 921 Å². The third-order valence-electron chi connectivity index (χ3n) is 12.6. The van der Waals surface area contributed by atoms with E-state index in [1.807, 2.05) is 0 Å². The van der Waals surface area contributed by atoms with Crippen molar-refractivity contribution in [2.45, 2.75) is 25.4 Å². The molecule has 102 heavy (non-hydrogen) atoms. The van der Waals surface area contributed by atoms with Crippen molar-refractivity contribution in [2.24, 2.45) is 0 Å². The minimum Gasteiger partial charge on any atom is -0.808 e. The molecule has 21 N–H and O–H groups in total. The van der Waals surface area contributed by atoms with Gasteiger partial charge in [0.05, 0.1) is 66.1 Å². The van der Waals surface area contributed by atoms with Gasteiger partial charge in [-0.05, 0) is 15.2 Å². The molecule has 0 aliphatic carbocycles. The molecule has 65 heteroatoms. The molecule has 0 spiro atoms. The summed E-state index contributed by atoms with van der Waals surface area (Å²) < 4.78 is 110. The summed E-state index contributed by atoms with van der Waals surface area (Å²) in [5.41, 5.74) is 0. The van der Waals surface area contributed by atoms with Gasteiger partial charge in [0.2, 0.25) is 15.2 Å². The second kappa shape index (κ2) is 36.2. The molecular formula is C37H67N10O45P10-9. The molecule has 594 valence electrons. The number of carboxylic acids is 5. The van der Waals surface area contributed by atoms with Crippen molar-refractivity contribution in [1.29, 1.82) is 0 Å². The van der Waals surface area contributed by atoms with E-state index >= 15 is 0 Å². The van der Waals surface area contributed by atoms with Gasteiger partial charge >= 0.3 is 52.6 Å². The molecule has 5 rings (SSSR count). The number of carbonyl (C=O) groups is 5. The molecule has 5 aliphatic rings. The summed E-state index contributed by atoms with van der Waals surface area (Å²) in [7, 11) is -58.1. The fraction of sp³-hybridized carbons (Fsp3) is 0.541. The summed E-state index contributed by atoms with van der Waals surface area (Å²) >= 11 is 0. The zero-order valence-electron chi connectivity index (χ0n) is 51.5. The maximum atomic E-state index is 11.1. The largest absolute Gasteiger partial charge is 0.808 e. The predicted octanol–water partition coefficient (Wildman–Crippen LogP) is -14.2. The molecule has 5 aliphatic heterocycles. The zero-order chi connectivity index (χ0) is 78.8. The van der Waals surface area contributed by atoms with Gasteiger partial charge in [0.15, 0.2) is 38.0 Å². The molecule has 5 heterocycles. The molecule has 0 aromatic heterocycles. The van der Waals surface area contributed by atoms with E-state index in [-0.39, 0.29) is 48.2 Å². The van der Waals surface area contributed by atoms with Crippen molar-refractivity contribution in [1.82, 2.24) is 49.0 Å². The molecule has 0 saturated heterocycles. The number of carboxylic acid groups (broad SMARTS) is 5. The maximum absolute atomic E-state index is 11.1. The van der Waals surface area contributed by atoms with Crippen LogP contribution in [0.1, 0.15) is 0 Å². The minimum absolute atomic E-state index is 0. The van der Waals surface area contributed by atoms with Crippen LogP contribution in [0.4, 0.5) is 0 Å². The van der Waals surface area contributed by atoms with Crippen LogP contribution in [0.3, 0.4) is 0 Å². The molecule has 6 unspecified atom stereocenters. The van der Waals surface area contributed by atoms with Gasteiger partial charge < -0.3 is 237 Å². The quantitative estimate of drug-likeness (QED) is 0.0235. The molecule has 6 atom stereocenters. The molecule has 0 amide bonds. The Hall–Kier alpha value is -4.78. The number of hydrogen-bond acceptors (Lipinski definition) is 39. The van der Waals surface area contributed by atoms with E-state index < -0.39 is 197 Å². The lowest BCUT2D eigenvalue weighted by molar-refractivity contribution is -0.349. The highest BCUT2D eigenvalue weighted by Crippen LogP contribution is 2.69. The fourth-order valence-electron chi connectivity index (χ4n) is 7.54. The van der Waals surface area contributed by atoms with Crippen LogP contribution in [0.2, 0.25) is 0 Å². The lowest BCUT2D eigenvalue weighted by Crippen LogP contribution is -2.52. The van der Waals surface area contributed by atoms with Crippen LogP contribution in [0.5, 0.6) is 0 Å². The average Bonchev–Trinajstić information content (AvgIpc) is 1.20. The Morgan fingerprint density at radius 1 is 0.275 bits per heavy atom. The number of aliphatic hydroxyl groups is 5. The number of nitrogens with zero attached hydrogens (tertiary/aromatic N) is 10. The Bertz CT molecular complexity index is 2970. The van der Waals surface area contributed by atoms with E-state index in [4.69, 9.17) is 79.4 Å². The molecule has 0 aromatic rings. The van der Waals surface area contributed by atoms with Gasteiger partial charge in [-0.1, -0.05) is 0 Å². The highest BCUT2D eigenvalue weighted by atomic mass is 31.3. The smallest absolute Gasteiger partial charge is 0.371 e. The lowest BCUT2D eigenvalue weighted by Gasteiger charge is -2.56. The Labute approximate surface area is 572 Å². The Morgan fingerprint density at radius 2 is 0.412 bits per heavy atom. The van der Waals surface area contributed by atoms with Gasteiger partial charge in [-0.2, -0.15) is 0 Å². The van der Waals surface area contributed by atoms with Crippen LogP contribution >= 0.6 is 76.0 Å². The molecule has 0 fully saturated rings. The Balaban J connectivity index is 0. The number of aliphatic carboxylic acids is 5. The summed E-state index contributed by atoms with van der Waals surface area (Å²) in [4.78, 5) is 259. The average molecular weight is 1680 g/mol. The van der Waals surface area contributed by atoms with Crippen LogP contribution in [0.25, 0.3) is 0 Å². The van der Waals surface area contributed by atoms with E-state index in [1.54, 1.807) is 0 Å². The molecule has 0 radical (unpaired) electrons. The Morgan fingerprint density at radius 3 is 0.549 bits per heavy atom. The van der Waals surface area contributed by atoms with E-state index in [0.717, 1.165) is 54.2 Å². The van der Waals surface area contributed by atoms with Gasteiger partial charge in [0.1, 0.15) is 37.8 Å². The fourth-order valence-corrected chi connectivity index (χ4v) is 17.6. The molecule has 0 aromatic carbocycles. The van der Waals surface area contributed by atoms with Crippen molar-refractivity contribution in [3.63, 3.8) is 0 Å².